The molecular weight excluding hydrogens is 456 g/mol. The number of esters is 1. The molecule has 0 aliphatic carbocycles. The molecule has 170 valence electrons. The van der Waals surface area contributed by atoms with E-state index in [-0.39, 0.29) is 21.3 Å². The lowest BCUT2D eigenvalue weighted by atomic mass is 10.2. The molecule has 0 radical (unpaired) electrons. The Morgan fingerprint density at radius 1 is 1.19 bits per heavy atom. The Labute approximate surface area is 190 Å². The van der Waals surface area contributed by atoms with E-state index in [1.165, 1.54) is 29.4 Å². The highest BCUT2D eigenvalue weighted by Gasteiger charge is 2.25. The fourth-order valence-corrected chi connectivity index (χ4v) is 4.75. The van der Waals surface area contributed by atoms with Crippen LogP contribution in [0.1, 0.15) is 31.3 Å². The van der Waals surface area contributed by atoms with E-state index in [2.05, 4.69) is 15.5 Å². The first-order chi connectivity index (χ1) is 15.2. The van der Waals surface area contributed by atoms with Crippen LogP contribution < -0.4 is 5.32 Å². The van der Waals surface area contributed by atoms with Gasteiger partial charge in [0.1, 0.15) is 0 Å². The number of aromatic nitrogens is 2. The van der Waals surface area contributed by atoms with Crippen molar-refractivity contribution in [2.24, 2.45) is 0 Å². The molecule has 9 nitrogen and oxygen atoms in total. The quantitative estimate of drug-likeness (QED) is 0.478. The highest BCUT2D eigenvalue weighted by molar-refractivity contribution is 7.89. The van der Waals surface area contributed by atoms with Gasteiger partial charge in [-0.2, -0.15) is 9.40 Å². The van der Waals surface area contributed by atoms with Gasteiger partial charge in [0.25, 0.3) is 5.91 Å². The van der Waals surface area contributed by atoms with Crippen LogP contribution in [0.5, 0.6) is 0 Å². The maximum Gasteiger partial charge on any atom is 0.360 e. The number of ether oxygens (including phenoxy) is 1. The molecule has 0 saturated carbocycles. The molecule has 3 aromatic rings. The lowest BCUT2D eigenvalue weighted by Gasteiger charge is -2.19. The number of para-hydroxylation sites is 1. The number of carbonyl (C=O) groups is 2. The average Bonchev–Trinajstić information content (AvgIpc) is 3.20. The zero-order chi connectivity index (χ0) is 23.5. The molecule has 1 heterocycles. The summed E-state index contributed by atoms with van der Waals surface area (Å²) in [5.74, 6) is -1.44. The number of benzene rings is 2. The van der Waals surface area contributed by atoms with Gasteiger partial charge in [0.15, 0.2) is 11.8 Å². The summed E-state index contributed by atoms with van der Waals surface area (Å²) < 4.78 is 32.0. The Morgan fingerprint density at radius 2 is 1.88 bits per heavy atom. The number of halogens is 1. The van der Waals surface area contributed by atoms with Crippen molar-refractivity contribution in [3.63, 3.8) is 0 Å². The number of sulfonamides is 1. The predicted octanol–water partition coefficient (Wildman–Crippen LogP) is 3.43. The molecule has 0 fully saturated rings. The molecule has 0 unspecified atom stereocenters. The van der Waals surface area contributed by atoms with Gasteiger partial charge in [0.05, 0.1) is 21.1 Å². The smallest absolute Gasteiger partial charge is 0.360 e. The first kappa shape index (κ1) is 23.7. The molecule has 0 aliphatic heterocycles. The minimum atomic E-state index is -3.74. The fraction of sp³-hybridized carbons (Fsp3) is 0.286. The summed E-state index contributed by atoms with van der Waals surface area (Å²) in [6.45, 7) is 5.47. The number of amides is 1. The topological polar surface area (TPSA) is 121 Å². The molecule has 0 aliphatic rings. The van der Waals surface area contributed by atoms with Gasteiger partial charge in [-0.3, -0.25) is 9.89 Å². The van der Waals surface area contributed by atoms with Crippen molar-refractivity contribution >= 4 is 50.1 Å². The summed E-state index contributed by atoms with van der Waals surface area (Å²) in [6.07, 6.45) is -1.18. The number of rotatable bonds is 8. The van der Waals surface area contributed by atoms with Crippen LogP contribution in [0.3, 0.4) is 0 Å². The molecular formula is C21H23ClN4O5S. The molecule has 3 rings (SSSR count). The van der Waals surface area contributed by atoms with Gasteiger partial charge < -0.3 is 10.1 Å². The fourth-order valence-electron chi connectivity index (χ4n) is 3.10. The molecule has 1 aromatic heterocycles. The maximum absolute atomic E-state index is 12.8. The third-order valence-electron chi connectivity index (χ3n) is 4.86. The van der Waals surface area contributed by atoms with Crippen LogP contribution in [-0.2, 0) is 19.6 Å². The Morgan fingerprint density at radius 3 is 2.56 bits per heavy atom. The van der Waals surface area contributed by atoms with E-state index >= 15 is 0 Å². The number of aromatic amines is 1. The molecule has 2 aromatic carbocycles. The van der Waals surface area contributed by atoms with Gasteiger partial charge in [-0.05, 0) is 31.2 Å². The Hall–Kier alpha value is -2.95. The van der Waals surface area contributed by atoms with E-state index in [9.17, 15) is 18.0 Å². The molecule has 0 saturated heterocycles. The average molecular weight is 479 g/mol. The SMILES string of the molecule is CCN(CC)S(=O)(=O)c1ccc(Cl)c(NC(=O)[C@@H](C)OC(=O)c2n[nH]c3ccccc23)c1. The first-order valence-corrected chi connectivity index (χ1v) is 11.8. The Bertz CT molecular complexity index is 1250. The summed E-state index contributed by atoms with van der Waals surface area (Å²) in [4.78, 5) is 25.1. The van der Waals surface area contributed by atoms with Crippen LogP contribution in [0.25, 0.3) is 10.9 Å². The van der Waals surface area contributed by atoms with Gasteiger partial charge in [-0.25, -0.2) is 13.2 Å². The summed E-state index contributed by atoms with van der Waals surface area (Å²) in [5, 5.41) is 9.93. The van der Waals surface area contributed by atoms with Crippen LogP contribution in [0.2, 0.25) is 5.02 Å². The van der Waals surface area contributed by atoms with Crippen LogP contribution in [0.4, 0.5) is 5.69 Å². The summed E-state index contributed by atoms with van der Waals surface area (Å²) in [5.41, 5.74) is 0.818. The van der Waals surface area contributed by atoms with Crippen molar-refractivity contribution in [3.05, 3.63) is 53.2 Å². The highest BCUT2D eigenvalue weighted by Crippen LogP contribution is 2.27. The van der Waals surface area contributed by atoms with Gasteiger partial charge in [-0.1, -0.05) is 43.6 Å². The van der Waals surface area contributed by atoms with Gasteiger partial charge in [0, 0.05) is 18.5 Å². The number of hydrogen-bond donors (Lipinski definition) is 2. The summed E-state index contributed by atoms with van der Waals surface area (Å²) >= 11 is 6.15. The van der Waals surface area contributed by atoms with E-state index in [4.69, 9.17) is 16.3 Å². The minimum Gasteiger partial charge on any atom is -0.448 e. The predicted molar refractivity (Wildman–Crippen MR) is 121 cm³/mol. The third kappa shape index (κ3) is 4.77. The molecule has 2 N–H and O–H groups in total. The van der Waals surface area contributed by atoms with Crippen LogP contribution in [0.15, 0.2) is 47.4 Å². The van der Waals surface area contributed by atoms with E-state index in [1.807, 2.05) is 0 Å². The number of nitrogens with zero attached hydrogens (tertiary/aromatic N) is 2. The van der Waals surface area contributed by atoms with Crippen molar-refractivity contribution in [3.8, 4) is 0 Å². The standard InChI is InChI=1S/C21H23ClN4O5S/c1-4-26(5-2)32(29,30)14-10-11-16(22)18(12-14)23-20(27)13(3)31-21(28)19-15-8-6-7-9-17(15)24-25-19/h6-13H,4-5H2,1-3H3,(H,23,27)(H,24,25)/t13-/m1/s1. The second kappa shape index (κ2) is 9.68. The van der Waals surface area contributed by atoms with E-state index in [0.29, 0.717) is 24.0 Å². The van der Waals surface area contributed by atoms with Crippen molar-refractivity contribution in [1.29, 1.82) is 0 Å². The number of H-pyrrole nitrogens is 1. The third-order valence-corrected chi connectivity index (χ3v) is 7.23. The maximum atomic E-state index is 12.8. The molecule has 0 spiro atoms. The summed E-state index contributed by atoms with van der Waals surface area (Å²) in [7, 11) is -3.74. The minimum absolute atomic E-state index is 0.00598. The Kier molecular flexibility index (Phi) is 7.17. The number of fused-ring (bicyclic) bond motifs is 1. The van der Waals surface area contributed by atoms with E-state index in [1.54, 1.807) is 38.1 Å². The van der Waals surface area contributed by atoms with E-state index < -0.39 is 28.0 Å². The first-order valence-electron chi connectivity index (χ1n) is 9.93. The van der Waals surface area contributed by atoms with Crippen LogP contribution in [-0.4, -0.2) is 54.0 Å². The molecule has 32 heavy (non-hydrogen) atoms. The highest BCUT2D eigenvalue weighted by atomic mass is 35.5. The number of hydrogen-bond acceptors (Lipinski definition) is 6. The van der Waals surface area contributed by atoms with Crippen molar-refractivity contribution in [2.45, 2.75) is 31.8 Å². The molecule has 11 heteroatoms. The second-order valence-corrected chi connectivity index (χ2v) is 9.23. The Balaban J connectivity index is 1.75. The van der Waals surface area contributed by atoms with E-state index in [0.717, 1.165) is 0 Å². The monoisotopic (exact) mass is 478 g/mol. The number of carbonyl (C=O) groups excluding carboxylic acids is 2. The zero-order valence-corrected chi connectivity index (χ0v) is 19.3. The number of nitrogens with one attached hydrogen (secondary N) is 2. The lowest BCUT2D eigenvalue weighted by molar-refractivity contribution is -0.123. The largest absolute Gasteiger partial charge is 0.448 e. The van der Waals surface area contributed by atoms with Crippen molar-refractivity contribution in [2.75, 3.05) is 18.4 Å². The lowest BCUT2D eigenvalue weighted by Crippen LogP contribution is -2.31. The van der Waals surface area contributed by atoms with Gasteiger partial charge in [0.2, 0.25) is 10.0 Å². The second-order valence-electron chi connectivity index (χ2n) is 6.89. The normalized spacial score (nSPS) is 12.7. The molecule has 0 bridgehead atoms. The van der Waals surface area contributed by atoms with Crippen LogP contribution >= 0.6 is 11.6 Å². The van der Waals surface area contributed by atoms with Crippen molar-refractivity contribution < 1.29 is 22.7 Å². The van der Waals surface area contributed by atoms with Gasteiger partial charge in [-0.15, -0.1) is 0 Å². The summed E-state index contributed by atoms with van der Waals surface area (Å²) in [6, 6.07) is 11.1. The van der Waals surface area contributed by atoms with Gasteiger partial charge >= 0.3 is 5.97 Å². The molecule has 1 amide bonds. The van der Waals surface area contributed by atoms with Crippen molar-refractivity contribution in [1.82, 2.24) is 14.5 Å². The zero-order valence-electron chi connectivity index (χ0n) is 17.8. The van der Waals surface area contributed by atoms with Crippen LogP contribution in [0, 0.1) is 0 Å². The molecule has 1 atom stereocenters. The number of anilines is 1.